The molecule has 0 aliphatic rings. The van der Waals surface area contributed by atoms with E-state index in [-0.39, 0.29) is 0 Å². The van der Waals surface area contributed by atoms with E-state index in [0.29, 0.717) is 0 Å². The zero-order chi connectivity index (χ0) is 8.23. The van der Waals surface area contributed by atoms with Crippen LogP contribution in [-0.2, 0) is 0 Å². The predicted molar refractivity (Wildman–Crippen MR) is 42.9 cm³/mol. The quantitative estimate of drug-likeness (QED) is 0.619. The van der Waals surface area contributed by atoms with Gasteiger partial charge in [0.1, 0.15) is 0 Å². The van der Waals surface area contributed by atoms with Gasteiger partial charge in [-0.15, -0.1) is 0 Å². The molecule has 2 aromatic heterocycles. The lowest BCUT2D eigenvalue weighted by molar-refractivity contribution is 1.14. The summed E-state index contributed by atoms with van der Waals surface area (Å²) < 4.78 is 0. The Balaban J connectivity index is 2.46. The maximum absolute atomic E-state index is 4.10. The van der Waals surface area contributed by atoms with Gasteiger partial charge >= 0.3 is 0 Å². The Labute approximate surface area is 70.1 Å². The topological polar surface area (TPSA) is 38.7 Å². The lowest BCUT2D eigenvalue weighted by Gasteiger charge is -1.95. The molecule has 0 bridgehead atoms. The van der Waals surface area contributed by atoms with Gasteiger partial charge in [-0.2, -0.15) is 0 Å². The van der Waals surface area contributed by atoms with Crippen LogP contribution in [0.3, 0.4) is 0 Å². The van der Waals surface area contributed by atoms with E-state index in [1.165, 1.54) is 0 Å². The number of rotatable bonds is 1. The van der Waals surface area contributed by atoms with Crippen molar-refractivity contribution in [2.75, 3.05) is 0 Å². The molecule has 0 amide bonds. The summed E-state index contributed by atoms with van der Waals surface area (Å²) in [4.78, 5) is 11.6. The van der Waals surface area contributed by atoms with E-state index in [4.69, 9.17) is 0 Å². The van der Waals surface area contributed by atoms with Crippen LogP contribution in [0.1, 0.15) is 0 Å². The lowest BCUT2D eigenvalue weighted by Crippen LogP contribution is -1.84. The molecule has 0 aliphatic carbocycles. The molecule has 0 spiro atoms. The van der Waals surface area contributed by atoms with Crippen LogP contribution in [0.2, 0.25) is 0 Å². The van der Waals surface area contributed by atoms with E-state index in [1.54, 1.807) is 24.7 Å². The summed E-state index contributed by atoms with van der Waals surface area (Å²) in [6, 6.07) is 6.51. The molecule has 0 atom stereocenters. The first kappa shape index (κ1) is 6.91. The standard InChI is InChI=1S/C9H5N3/c1-2-4-12-9(3-1)8-5-10-7-11-6-8/h1,3-6H. The number of pyridine rings is 1. The summed E-state index contributed by atoms with van der Waals surface area (Å²) in [7, 11) is 0. The Bertz CT molecular complexity index is 307. The first-order valence-electron chi connectivity index (χ1n) is 3.47. The highest BCUT2D eigenvalue weighted by Gasteiger charge is 1.95. The lowest BCUT2D eigenvalue weighted by atomic mass is 10.2. The molecule has 3 nitrogen and oxygen atoms in total. The number of aromatic nitrogens is 3. The van der Waals surface area contributed by atoms with Crippen molar-refractivity contribution in [1.82, 2.24) is 15.0 Å². The van der Waals surface area contributed by atoms with Gasteiger partial charge in [0.2, 0.25) is 0 Å². The first-order valence-corrected chi connectivity index (χ1v) is 3.47. The molecule has 2 radical (unpaired) electrons. The SMILES string of the molecule is [c]1ccc(-c2cn[c]nc2)nc1. The fraction of sp³-hybridized carbons (Fsp3) is 0. The van der Waals surface area contributed by atoms with Crippen molar-refractivity contribution in [3.05, 3.63) is 43.1 Å². The molecule has 0 aliphatic heterocycles. The second-order valence-electron chi connectivity index (χ2n) is 2.22. The first-order chi connectivity index (χ1) is 5.97. The van der Waals surface area contributed by atoms with Crippen LogP contribution in [0.5, 0.6) is 0 Å². The maximum atomic E-state index is 4.10. The number of hydrogen-bond donors (Lipinski definition) is 0. The summed E-state index contributed by atoms with van der Waals surface area (Å²) in [6.45, 7) is 0. The molecule has 0 saturated carbocycles. The van der Waals surface area contributed by atoms with E-state index >= 15 is 0 Å². The van der Waals surface area contributed by atoms with Crippen molar-refractivity contribution in [3.8, 4) is 11.3 Å². The minimum Gasteiger partial charge on any atom is -0.255 e. The van der Waals surface area contributed by atoms with Gasteiger partial charge in [0.15, 0.2) is 6.33 Å². The van der Waals surface area contributed by atoms with E-state index in [2.05, 4.69) is 27.3 Å². The minimum absolute atomic E-state index is 0.850. The van der Waals surface area contributed by atoms with Gasteiger partial charge in [0, 0.05) is 30.2 Å². The minimum atomic E-state index is 0.850. The average Bonchev–Trinajstić information content (AvgIpc) is 2.21. The fourth-order valence-electron chi connectivity index (χ4n) is 0.886. The van der Waals surface area contributed by atoms with Crippen molar-refractivity contribution in [3.63, 3.8) is 0 Å². The Morgan fingerprint density at radius 3 is 2.67 bits per heavy atom. The highest BCUT2D eigenvalue weighted by atomic mass is 14.8. The van der Waals surface area contributed by atoms with Crippen LogP contribution in [0, 0.1) is 12.4 Å². The second kappa shape index (κ2) is 3.09. The third-order valence-electron chi connectivity index (χ3n) is 1.43. The molecule has 0 fully saturated rings. The highest BCUT2D eigenvalue weighted by molar-refractivity contribution is 5.55. The molecule has 0 N–H and O–H groups in total. The smallest absolute Gasteiger partial charge is 0.197 e. The third-order valence-corrected chi connectivity index (χ3v) is 1.43. The van der Waals surface area contributed by atoms with Crippen LogP contribution >= 0.6 is 0 Å². The van der Waals surface area contributed by atoms with Crippen molar-refractivity contribution in [2.24, 2.45) is 0 Å². The van der Waals surface area contributed by atoms with Crippen molar-refractivity contribution < 1.29 is 0 Å². The van der Waals surface area contributed by atoms with Gasteiger partial charge in [-0.25, -0.2) is 9.97 Å². The molecule has 0 saturated heterocycles. The van der Waals surface area contributed by atoms with E-state index in [1.807, 2.05) is 6.07 Å². The number of nitrogens with zero attached hydrogens (tertiary/aromatic N) is 3. The van der Waals surface area contributed by atoms with Gasteiger partial charge in [-0.1, -0.05) is 6.07 Å². The summed E-state index contributed by atoms with van der Waals surface area (Å²) in [5.74, 6) is 0. The van der Waals surface area contributed by atoms with Crippen LogP contribution in [0.25, 0.3) is 11.3 Å². The van der Waals surface area contributed by atoms with Crippen LogP contribution in [0.4, 0.5) is 0 Å². The summed E-state index contributed by atoms with van der Waals surface area (Å²) in [6.07, 6.45) is 7.44. The second-order valence-corrected chi connectivity index (χ2v) is 2.22. The van der Waals surface area contributed by atoms with Gasteiger partial charge in [-0.3, -0.25) is 4.98 Å². The maximum Gasteiger partial charge on any atom is 0.197 e. The van der Waals surface area contributed by atoms with Gasteiger partial charge in [0.25, 0.3) is 0 Å². The van der Waals surface area contributed by atoms with Crippen molar-refractivity contribution in [2.45, 2.75) is 0 Å². The third kappa shape index (κ3) is 1.29. The molecule has 2 heterocycles. The van der Waals surface area contributed by atoms with Gasteiger partial charge in [0.05, 0.1) is 5.69 Å². The Morgan fingerprint density at radius 2 is 2.00 bits per heavy atom. The van der Waals surface area contributed by atoms with Crippen molar-refractivity contribution >= 4 is 0 Å². The van der Waals surface area contributed by atoms with E-state index < -0.39 is 0 Å². The molecule has 0 aromatic carbocycles. The summed E-state index contributed by atoms with van der Waals surface area (Å²) in [5.41, 5.74) is 1.74. The van der Waals surface area contributed by atoms with E-state index in [0.717, 1.165) is 11.3 Å². The molecule has 56 valence electrons. The Hall–Kier alpha value is -1.77. The van der Waals surface area contributed by atoms with Gasteiger partial charge < -0.3 is 0 Å². The van der Waals surface area contributed by atoms with Crippen LogP contribution in [0.15, 0.2) is 30.7 Å². The molecular weight excluding hydrogens is 150 g/mol. The Morgan fingerprint density at radius 1 is 1.17 bits per heavy atom. The molecule has 3 heteroatoms. The molecule has 0 unspecified atom stereocenters. The monoisotopic (exact) mass is 155 g/mol. The largest absolute Gasteiger partial charge is 0.255 e. The Kier molecular flexibility index (Phi) is 1.78. The average molecular weight is 155 g/mol. The summed E-state index contributed by atoms with van der Waals surface area (Å²) in [5, 5.41) is 0. The zero-order valence-corrected chi connectivity index (χ0v) is 6.23. The molecular formula is C9H5N3. The number of hydrogen-bond acceptors (Lipinski definition) is 3. The van der Waals surface area contributed by atoms with Crippen molar-refractivity contribution in [1.29, 1.82) is 0 Å². The fourth-order valence-corrected chi connectivity index (χ4v) is 0.886. The van der Waals surface area contributed by atoms with Gasteiger partial charge in [-0.05, 0) is 6.07 Å². The predicted octanol–water partition coefficient (Wildman–Crippen LogP) is 1.14. The molecule has 2 aromatic rings. The normalized spacial score (nSPS) is 9.67. The molecule has 2 rings (SSSR count). The zero-order valence-electron chi connectivity index (χ0n) is 6.23. The van der Waals surface area contributed by atoms with Crippen LogP contribution in [-0.4, -0.2) is 15.0 Å². The van der Waals surface area contributed by atoms with Crippen LogP contribution < -0.4 is 0 Å². The van der Waals surface area contributed by atoms with E-state index in [9.17, 15) is 0 Å². The summed E-state index contributed by atoms with van der Waals surface area (Å²) >= 11 is 0. The highest BCUT2D eigenvalue weighted by Crippen LogP contribution is 2.11. The molecule has 12 heavy (non-hydrogen) atoms.